The van der Waals surface area contributed by atoms with Crippen molar-refractivity contribution in [2.45, 2.75) is 44.9 Å². The molecule has 3 rings (SSSR count). The molecule has 2 amide bonds. The van der Waals surface area contributed by atoms with Gasteiger partial charge in [0, 0.05) is 5.69 Å². The SMILES string of the molecule is CC1S/C(=C(/C#N)C(=O)NC(C)c2ccccc2)N(c2ccc(C(C)C)cc2)C1=O. The second kappa shape index (κ2) is 9.19. The fourth-order valence-corrected chi connectivity index (χ4v) is 4.36. The Morgan fingerprint density at radius 1 is 1.07 bits per heavy atom. The second-order valence-corrected chi connectivity index (χ2v) is 8.91. The van der Waals surface area contributed by atoms with Gasteiger partial charge in [0.05, 0.1) is 11.3 Å². The van der Waals surface area contributed by atoms with Gasteiger partial charge in [0.2, 0.25) is 5.91 Å². The second-order valence-electron chi connectivity index (χ2n) is 7.58. The minimum Gasteiger partial charge on any atom is -0.345 e. The van der Waals surface area contributed by atoms with Crippen molar-refractivity contribution in [3.63, 3.8) is 0 Å². The summed E-state index contributed by atoms with van der Waals surface area (Å²) in [5, 5.41) is 12.7. The lowest BCUT2D eigenvalue weighted by atomic mass is 10.0. The van der Waals surface area contributed by atoms with E-state index in [2.05, 4.69) is 19.2 Å². The minimum atomic E-state index is -0.484. The molecular formula is C24H25N3O2S. The first-order valence-corrected chi connectivity index (χ1v) is 10.8. The molecule has 5 nitrogen and oxygen atoms in total. The molecule has 1 aliphatic rings. The molecule has 1 fully saturated rings. The van der Waals surface area contributed by atoms with E-state index in [0.29, 0.717) is 16.6 Å². The average molecular weight is 420 g/mol. The molecule has 154 valence electrons. The number of nitrogens with one attached hydrogen (secondary N) is 1. The average Bonchev–Trinajstić information content (AvgIpc) is 3.03. The number of amides is 2. The zero-order valence-electron chi connectivity index (χ0n) is 17.5. The monoisotopic (exact) mass is 419 g/mol. The molecule has 1 saturated heterocycles. The summed E-state index contributed by atoms with van der Waals surface area (Å²) in [6, 6.07) is 19.0. The molecule has 2 aromatic carbocycles. The van der Waals surface area contributed by atoms with Crippen molar-refractivity contribution >= 4 is 29.3 Å². The van der Waals surface area contributed by atoms with Crippen LogP contribution in [0, 0.1) is 11.3 Å². The minimum absolute atomic E-state index is 0.0478. The fraction of sp³-hybridized carbons (Fsp3) is 0.292. The van der Waals surface area contributed by atoms with Gasteiger partial charge < -0.3 is 5.32 Å². The molecule has 0 aromatic heterocycles. The number of anilines is 1. The lowest BCUT2D eigenvalue weighted by molar-refractivity contribution is -0.117. The summed E-state index contributed by atoms with van der Waals surface area (Å²) in [6.07, 6.45) is 0. The molecule has 1 N–H and O–H groups in total. The van der Waals surface area contributed by atoms with Crippen molar-refractivity contribution in [2.24, 2.45) is 0 Å². The summed E-state index contributed by atoms with van der Waals surface area (Å²) >= 11 is 1.24. The molecule has 0 spiro atoms. The van der Waals surface area contributed by atoms with Crippen LogP contribution in [-0.2, 0) is 9.59 Å². The number of carbonyl (C=O) groups excluding carboxylic acids is 2. The van der Waals surface area contributed by atoms with E-state index < -0.39 is 5.91 Å². The molecule has 0 aliphatic carbocycles. The van der Waals surface area contributed by atoms with Crippen LogP contribution >= 0.6 is 11.8 Å². The van der Waals surface area contributed by atoms with Gasteiger partial charge in [0.1, 0.15) is 16.7 Å². The van der Waals surface area contributed by atoms with E-state index in [1.54, 1.807) is 6.92 Å². The zero-order valence-corrected chi connectivity index (χ0v) is 18.4. The number of hydrogen-bond donors (Lipinski definition) is 1. The third-order valence-electron chi connectivity index (χ3n) is 5.08. The van der Waals surface area contributed by atoms with E-state index >= 15 is 0 Å². The highest BCUT2D eigenvalue weighted by atomic mass is 32.2. The number of rotatable bonds is 5. The first-order chi connectivity index (χ1) is 14.3. The first kappa shape index (κ1) is 21.7. The fourth-order valence-electron chi connectivity index (χ4n) is 3.27. The Hall–Kier alpha value is -3.04. The van der Waals surface area contributed by atoms with Gasteiger partial charge in [-0.15, -0.1) is 0 Å². The van der Waals surface area contributed by atoms with Crippen LogP contribution in [0.15, 0.2) is 65.2 Å². The lowest BCUT2D eigenvalue weighted by Gasteiger charge is -2.20. The van der Waals surface area contributed by atoms with Gasteiger partial charge in [-0.1, -0.05) is 68.1 Å². The van der Waals surface area contributed by atoms with Gasteiger partial charge in [0.25, 0.3) is 5.91 Å². The molecule has 2 aromatic rings. The van der Waals surface area contributed by atoms with Crippen LogP contribution in [0.25, 0.3) is 0 Å². The summed E-state index contributed by atoms with van der Waals surface area (Å²) in [4.78, 5) is 27.3. The van der Waals surface area contributed by atoms with E-state index in [-0.39, 0.29) is 22.8 Å². The molecule has 2 atom stereocenters. The van der Waals surface area contributed by atoms with Gasteiger partial charge in [-0.05, 0) is 43.0 Å². The standard InChI is InChI=1S/C24H25N3O2S/c1-15(2)18-10-12-20(13-11-18)27-23(29)17(4)30-24(27)21(14-25)22(28)26-16(3)19-8-6-5-7-9-19/h5-13,15-17H,1-4H3,(H,26,28)/b24-21-. The Labute approximate surface area is 181 Å². The number of carbonyl (C=O) groups is 2. The quantitative estimate of drug-likeness (QED) is 0.553. The molecule has 1 aliphatic heterocycles. The highest BCUT2D eigenvalue weighted by Crippen LogP contribution is 2.40. The topological polar surface area (TPSA) is 73.2 Å². The molecule has 6 heteroatoms. The van der Waals surface area contributed by atoms with Crippen LogP contribution in [0.1, 0.15) is 50.8 Å². The third kappa shape index (κ3) is 4.42. The molecule has 0 bridgehead atoms. The zero-order chi connectivity index (χ0) is 21.8. The van der Waals surface area contributed by atoms with Crippen LogP contribution in [0.4, 0.5) is 5.69 Å². The van der Waals surface area contributed by atoms with Crippen molar-refractivity contribution in [3.05, 3.63) is 76.3 Å². The number of nitriles is 1. The summed E-state index contributed by atoms with van der Waals surface area (Å²) in [5.74, 6) is -0.248. The maximum atomic E-state index is 12.9. The first-order valence-electron chi connectivity index (χ1n) is 9.94. The molecule has 0 saturated carbocycles. The maximum absolute atomic E-state index is 12.9. The Morgan fingerprint density at radius 2 is 1.70 bits per heavy atom. The van der Waals surface area contributed by atoms with E-state index in [9.17, 15) is 14.9 Å². The van der Waals surface area contributed by atoms with Gasteiger partial charge in [-0.3, -0.25) is 14.5 Å². The summed E-state index contributed by atoms with van der Waals surface area (Å²) in [7, 11) is 0. The summed E-state index contributed by atoms with van der Waals surface area (Å²) in [5.41, 5.74) is 2.71. The van der Waals surface area contributed by atoms with Gasteiger partial charge in [0.15, 0.2) is 0 Å². The van der Waals surface area contributed by atoms with E-state index in [0.717, 1.165) is 11.1 Å². The predicted octanol–water partition coefficient (Wildman–Crippen LogP) is 4.89. The Kier molecular flexibility index (Phi) is 6.63. The van der Waals surface area contributed by atoms with Gasteiger partial charge >= 0.3 is 0 Å². The lowest BCUT2D eigenvalue weighted by Crippen LogP contribution is -2.32. The predicted molar refractivity (Wildman–Crippen MR) is 121 cm³/mol. The van der Waals surface area contributed by atoms with Crippen molar-refractivity contribution in [2.75, 3.05) is 4.90 Å². The highest BCUT2D eigenvalue weighted by molar-refractivity contribution is 8.05. The van der Waals surface area contributed by atoms with Crippen molar-refractivity contribution in [1.82, 2.24) is 5.32 Å². The van der Waals surface area contributed by atoms with Crippen molar-refractivity contribution in [1.29, 1.82) is 5.26 Å². The van der Waals surface area contributed by atoms with Gasteiger partial charge in [-0.2, -0.15) is 5.26 Å². The molecule has 1 heterocycles. The molecular weight excluding hydrogens is 394 g/mol. The van der Waals surface area contributed by atoms with Crippen molar-refractivity contribution in [3.8, 4) is 6.07 Å². The Balaban J connectivity index is 1.94. The number of hydrogen-bond acceptors (Lipinski definition) is 4. The van der Waals surface area contributed by atoms with Crippen LogP contribution in [0.5, 0.6) is 0 Å². The molecule has 2 unspecified atom stereocenters. The van der Waals surface area contributed by atoms with E-state index in [1.165, 1.54) is 16.7 Å². The summed E-state index contributed by atoms with van der Waals surface area (Å²) in [6.45, 7) is 7.86. The summed E-state index contributed by atoms with van der Waals surface area (Å²) < 4.78 is 0. The van der Waals surface area contributed by atoms with Crippen LogP contribution in [-0.4, -0.2) is 17.1 Å². The normalized spacial score (nSPS) is 18.9. The highest BCUT2D eigenvalue weighted by Gasteiger charge is 2.38. The molecule has 30 heavy (non-hydrogen) atoms. The Morgan fingerprint density at radius 3 is 2.27 bits per heavy atom. The van der Waals surface area contributed by atoms with Crippen LogP contribution in [0.2, 0.25) is 0 Å². The number of benzene rings is 2. The molecule has 0 radical (unpaired) electrons. The van der Waals surface area contributed by atoms with Crippen LogP contribution in [0.3, 0.4) is 0 Å². The van der Waals surface area contributed by atoms with Crippen LogP contribution < -0.4 is 10.2 Å². The van der Waals surface area contributed by atoms with Crippen molar-refractivity contribution < 1.29 is 9.59 Å². The van der Waals surface area contributed by atoms with E-state index in [1.807, 2.05) is 67.6 Å². The van der Waals surface area contributed by atoms with Gasteiger partial charge in [-0.25, -0.2) is 0 Å². The number of thioether (sulfide) groups is 1. The Bertz CT molecular complexity index is 1010. The number of nitrogens with zero attached hydrogens (tertiary/aromatic N) is 2. The van der Waals surface area contributed by atoms with E-state index in [4.69, 9.17) is 0 Å². The third-order valence-corrected chi connectivity index (χ3v) is 6.24. The maximum Gasteiger partial charge on any atom is 0.265 e. The largest absolute Gasteiger partial charge is 0.345 e. The smallest absolute Gasteiger partial charge is 0.265 e.